The molecule has 0 aromatic rings. The fourth-order valence-corrected chi connectivity index (χ4v) is 4.78. The van der Waals surface area contributed by atoms with Gasteiger partial charge in [0, 0.05) is 23.2 Å². The first-order chi connectivity index (χ1) is 11.0. The van der Waals surface area contributed by atoms with Crippen molar-refractivity contribution in [3.05, 3.63) is 12.2 Å². The Balaban J connectivity index is 1.54. The quantitative estimate of drug-likeness (QED) is 0.452. The summed E-state index contributed by atoms with van der Waals surface area (Å²) in [5, 5.41) is 15.2. The monoisotopic (exact) mass is 339 g/mol. The molecule has 9 heteroatoms. The van der Waals surface area contributed by atoms with Crippen molar-refractivity contribution in [1.29, 1.82) is 0 Å². The van der Waals surface area contributed by atoms with E-state index in [1.807, 2.05) is 0 Å². The number of hydrogen-bond donors (Lipinski definition) is 3. The Morgan fingerprint density at radius 1 is 1.30 bits per heavy atom. The molecule has 0 bridgehead atoms. The van der Waals surface area contributed by atoms with E-state index in [0.29, 0.717) is 6.42 Å². The largest absolute Gasteiger partial charge is 0.480 e. The van der Waals surface area contributed by atoms with Crippen LogP contribution in [0.15, 0.2) is 12.2 Å². The van der Waals surface area contributed by atoms with Crippen molar-refractivity contribution in [3.63, 3.8) is 0 Å². The number of imide groups is 1. The number of nitrogens with one attached hydrogen (secondary N) is 2. The van der Waals surface area contributed by atoms with Gasteiger partial charge in [-0.25, -0.2) is 9.59 Å². The van der Waals surface area contributed by atoms with E-state index in [0.717, 1.165) is 29.2 Å². The van der Waals surface area contributed by atoms with Gasteiger partial charge in [-0.05, 0) is 19.3 Å². The first kappa shape index (κ1) is 15.9. The van der Waals surface area contributed by atoms with Gasteiger partial charge in [0.2, 0.25) is 0 Å². The molecule has 124 valence electrons. The Morgan fingerprint density at radius 3 is 2.65 bits per heavy atom. The third-order valence-electron chi connectivity index (χ3n) is 4.34. The number of rotatable bonds is 6. The lowest BCUT2D eigenvalue weighted by Gasteiger charge is -2.23. The highest BCUT2D eigenvalue weighted by Crippen LogP contribution is 2.33. The number of thioether (sulfide) groups is 1. The molecule has 23 heavy (non-hydrogen) atoms. The van der Waals surface area contributed by atoms with Crippen molar-refractivity contribution in [1.82, 2.24) is 15.5 Å². The number of amides is 4. The molecule has 2 fully saturated rings. The second-order valence-electron chi connectivity index (χ2n) is 5.79. The second-order valence-corrected chi connectivity index (χ2v) is 7.06. The van der Waals surface area contributed by atoms with Crippen LogP contribution in [-0.2, 0) is 14.4 Å². The molecule has 2 saturated heterocycles. The zero-order chi connectivity index (χ0) is 16.6. The summed E-state index contributed by atoms with van der Waals surface area (Å²) in [5.74, 6) is -1.50. The molecule has 3 aliphatic heterocycles. The van der Waals surface area contributed by atoms with E-state index in [4.69, 9.17) is 0 Å². The van der Waals surface area contributed by atoms with Crippen LogP contribution < -0.4 is 10.6 Å². The van der Waals surface area contributed by atoms with Crippen molar-refractivity contribution in [2.24, 2.45) is 0 Å². The van der Waals surface area contributed by atoms with Crippen LogP contribution in [0.3, 0.4) is 0 Å². The predicted octanol–water partition coefficient (Wildman–Crippen LogP) is -0.300. The highest BCUT2D eigenvalue weighted by atomic mass is 32.2. The van der Waals surface area contributed by atoms with Gasteiger partial charge in [-0.3, -0.25) is 14.5 Å². The summed E-state index contributed by atoms with van der Waals surface area (Å²) in [6, 6.07) is -1.11. The van der Waals surface area contributed by atoms with Gasteiger partial charge in [0.05, 0.1) is 12.1 Å². The summed E-state index contributed by atoms with van der Waals surface area (Å²) >= 11 is 1.75. The normalized spacial score (nSPS) is 30.3. The standard InChI is InChI=1S/C14H17N3O5S/c18-10-4-5-11(19)17(10)8(13(20)21)2-1-3-9-12-7(6-23-9)15-14(22)16-12/h4-5,7-9,12H,1-3,6H2,(H,20,21)(H2,15,16,22)/t7-,8?,9-,12-/m0/s1. The molecule has 3 N–H and O–H groups in total. The Labute approximate surface area is 136 Å². The summed E-state index contributed by atoms with van der Waals surface area (Å²) in [6.45, 7) is 0. The van der Waals surface area contributed by atoms with Crippen LogP contribution in [0, 0.1) is 0 Å². The third kappa shape index (κ3) is 3.05. The maximum Gasteiger partial charge on any atom is 0.326 e. The third-order valence-corrected chi connectivity index (χ3v) is 5.85. The maximum absolute atomic E-state index is 11.6. The van der Waals surface area contributed by atoms with Crippen LogP contribution >= 0.6 is 11.8 Å². The average Bonchev–Trinajstić information content (AvgIpc) is 3.12. The molecule has 3 aliphatic rings. The number of nitrogens with zero attached hydrogens (tertiary/aromatic N) is 1. The minimum absolute atomic E-state index is 0.0625. The Morgan fingerprint density at radius 2 is 2.00 bits per heavy atom. The van der Waals surface area contributed by atoms with Crippen molar-refractivity contribution < 1.29 is 24.3 Å². The summed E-state index contributed by atoms with van der Waals surface area (Å²) < 4.78 is 0. The van der Waals surface area contributed by atoms with Crippen molar-refractivity contribution in [2.75, 3.05) is 5.75 Å². The van der Waals surface area contributed by atoms with Crippen molar-refractivity contribution >= 4 is 35.6 Å². The summed E-state index contributed by atoms with van der Waals surface area (Å²) in [7, 11) is 0. The number of aliphatic carboxylic acids is 1. The van der Waals surface area contributed by atoms with E-state index < -0.39 is 23.8 Å². The highest BCUT2D eigenvalue weighted by molar-refractivity contribution is 8.00. The molecular weight excluding hydrogens is 322 g/mol. The molecule has 4 amide bonds. The van der Waals surface area contributed by atoms with Gasteiger partial charge < -0.3 is 15.7 Å². The Kier molecular flexibility index (Phi) is 4.29. The summed E-state index contributed by atoms with van der Waals surface area (Å²) in [6.07, 6.45) is 3.68. The average molecular weight is 339 g/mol. The van der Waals surface area contributed by atoms with Crippen molar-refractivity contribution in [2.45, 2.75) is 42.6 Å². The van der Waals surface area contributed by atoms with E-state index >= 15 is 0 Å². The molecule has 0 spiro atoms. The van der Waals surface area contributed by atoms with Gasteiger partial charge in [-0.1, -0.05) is 0 Å². The number of carbonyl (C=O) groups is 4. The molecule has 0 saturated carbocycles. The van der Waals surface area contributed by atoms with Gasteiger partial charge in [-0.15, -0.1) is 0 Å². The molecule has 4 atom stereocenters. The highest BCUT2D eigenvalue weighted by Gasteiger charge is 2.43. The van der Waals surface area contributed by atoms with Gasteiger partial charge in [-0.2, -0.15) is 11.8 Å². The van der Waals surface area contributed by atoms with E-state index in [1.165, 1.54) is 0 Å². The van der Waals surface area contributed by atoms with Gasteiger partial charge in [0.1, 0.15) is 6.04 Å². The minimum Gasteiger partial charge on any atom is -0.480 e. The van der Waals surface area contributed by atoms with E-state index in [2.05, 4.69) is 10.6 Å². The zero-order valence-electron chi connectivity index (χ0n) is 12.2. The number of carboxylic acids is 1. The van der Waals surface area contributed by atoms with Gasteiger partial charge >= 0.3 is 12.0 Å². The lowest BCUT2D eigenvalue weighted by atomic mass is 10.0. The zero-order valence-corrected chi connectivity index (χ0v) is 13.0. The number of carbonyl (C=O) groups excluding carboxylic acids is 3. The molecule has 0 radical (unpaired) electrons. The smallest absolute Gasteiger partial charge is 0.326 e. The van der Waals surface area contributed by atoms with Crippen LogP contribution in [0.25, 0.3) is 0 Å². The lowest BCUT2D eigenvalue weighted by molar-refractivity contribution is -0.153. The number of carboxylic acid groups (broad SMARTS) is 1. The fourth-order valence-electron chi connectivity index (χ4n) is 3.24. The number of hydrogen-bond acceptors (Lipinski definition) is 5. The number of fused-ring (bicyclic) bond motifs is 1. The minimum atomic E-state index is -1.18. The molecule has 0 aliphatic carbocycles. The second kappa shape index (κ2) is 6.23. The number of urea groups is 1. The molecule has 0 aromatic heterocycles. The first-order valence-corrected chi connectivity index (χ1v) is 8.49. The van der Waals surface area contributed by atoms with Crippen LogP contribution in [0.4, 0.5) is 4.79 Å². The molecule has 0 aromatic carbocycles. The van der Waals surface area contributed by atoms with Gasteiger partial charge in [0.25, 0.3) is 11.8 Å². The fraction of sp³-hybridized carbons (Fsp3) is 0.571. The van der Waals surface area contributed by atoms with E-state index in [-0.39, 0.29) is 29.8 Å². The molecule has 1 unspecified atom stereocenters. The van der Waals surface area contributed by atoms with Crippen LogP contribution in [0.5, 0.6) is 0 Å². The molecule has 3 rings (SSSR count). The van der Waals surface area contributed by atoms with Gasteiger partial charge in [0.15, 0.2) is 0 Å². The Bertz CT molecular complexity index is 575. The summed E-state index contributed by atoms with van der Waals surface area (Å²) in [5.41, 5.74) is 0. The first-order valence-electron chi connectivity index (χ1n) is 7.44. The Hall–Kier alpha value is -2.03. The summed E-state index contributed by atoms with van der Waals surface area (Å²) in [4.78, 5) is 46.8. The lowest BCUT2D eigenvalue weighted by Crippen LogP contribution is -2.45. The molecule has 3 heterocycles. The molecular formula is C14H17N3O5S. The predicted molar refractivity (Wildman–Crippen MR) is 81.8 cm³/mol. The van der Waals surface area contributed by atoms with Crippen LogP contribution in [-0.4, -0.2) is 62.9 Å². The van der Waals surface area contributed by atoms with Crippen LogP contribution in [0.1, 0.15) is 19.3 Å². The topological polar surface area (TPSA) is 116 Å². The van der Waals surface area contributed by atoms with Crippen molar-refractivity contribution in [3.8, 4) is 0 Å². The SMILES string of the molecule is O=C1N[C@H]2[C@H](CS[C@H]2CCCC(C(=O)O)N2C(=O)C=CC2=O)N1. The maximum atomic E-state index is 11.6. The molecule has 8 nitrogen and oxygen atoms in total. The van der Waals surface area contributed by atoms with E-state index in [1.54, 1.807) is 11.8 Å². The van der Waals surface area contributed by atoms with E-state index in [9.17, 15) is 24.3 Å². The van der Waals surface area contributed by atoms with Crippen LogP contribution in [0.2, 0.25) is 0 Å².